The molecule has 1 N–H and O–H groups in total. The SMILES string of the molecule is CC(=O)N[C@H](C)Cc1cccc2ccccc12. The van der Waals surface area contributed by atoms with Crippen LogP contribution in [0.5, 0.6) is 0 Å². The minimum Gasteiger partial charge on any atom is -0.354 e. The van der Waals surface area contributed by atoms with E-state index >= 15 is 0 Å². The van der Waals surface area contributed by atoms with Gasteiger partial charge in [-0.3, -0.25) is 4.79 Å². The second kappa shape index (κ2) is 5.00. The quantitative estimate of drug-likeness (QED) is 0.858. The number of benzene rings is 2. The maximum atomic E-state index is 11.0. The van der Waals surface area contributed by atoms with Crippen molar-refractivity contribution in [2.45, 2.75) is 26.3 Å². The normalized spacial score (nSPS) is 12.4. The predicted octanol–water partition coefficient (Wildman–Crippen LogP) is 2.91. The fourth-order valence-corrected chi connectivity index (χ4v) is 2.20. The first-order chi connectivity index (χ1) is 8.16. The van der Waals surface area contributed by atoms with Gasteiger partial charge >= 0.3 is 0 Å². The van der Waals surface area contributed by atoms with Crippen LogP contribution in [0.25, 0.3) is 10.8 Å². The molecule has 0 heterocycles. The average molecular weight is 227 g/mol. The monoisotopic (exact) mass is 227 g/mol. The fourth-order valence-electron chi connectivity index (χ4n) is 2.20. The zero-order chi connectivity index (χ0) is 12.3. The lowest BCUT2D eigenvalue weighted by Crippen LogP contribution is -2.32. The standard InChI is InChI=1S/C15H17NO/c1-11(16-12(2)17)10-14-8-5-7-13-6-3-4-9-15(13)14/h3-9,11H,10H2,1-2H3,(H,16,17)/t11-/m1/s1. The van der Waals surface area contributed by atoms with Crippen molar-refractivity contribution >= 4 is 16.7 Å². The molecule has 2 aromatic rings. The Morgan fingerprint density at radius 1 is 1.18 bits per heavy atom. The summed E-state index contributed by atoms with van der Waals surface area (Å²) in [5, 5.41) is 5.44. The molecule has 2 heteroatoms. The summed E-state index contributed by atoms with van der Waals surface area (Å²) in [6.07, 6.45) is 0.862. The molecule has 2 nitrogen and oxygen atoms in total. The van der Waals surface area contributed by atoms with Crippen molar-refractivity contribution in [2.75, 3.05) is 0 Å². The lowest BCUT2D eigenvalue weighted by molar-refractivity contribution is -0.119. The van der Waals surface area contributed by atoms with E-state index in [0.29, 0.717) is 0 Å². The summed E-state index contributed by atoms with van der Waals surface area (Å²) in [7, 11) is 0. The third-order valence-corrected chi connectivity index (χ3v) is 2.86. The first-order valence-corrected chi connectivity index (χ1v) is 5.90. The van der Waals surface area contributed by atoms with Crippen LogP contribution in [0.2, 0.25) is 0 Å². The third-order valence-electron chi connectivity index (χ3n) is 2.86. The van der Waals surface area contributed by atoms with Crippen molar-refractivity contribution in [2.24, 2.45) is 0 Å². The lowest BCUT2D eigenvalue weighted by Gasteiger charge is -2.14. The summed E-state index contributed by atoms with van der Waals surface area (Å²) in [5.74, 6) is 0.0257. The van der Waals surface area contributed by atoms with Crippen LogP contribution in [0.15, 0.2) is 42.5 Å². The van der Waals surface area contributed by atoms with E-state index in [1.54, 1.807) is 6.92 Å². The summed E-state index contributed by atoms with van der Waals surface area (Å²) < 4.78 is 0. The van der Waals surface area contributed by atoms with Gasteiger partial charge in [0.2, 0.25) is 5.91 Å². The highest BCUT2D eigenvalue weighted by atomic mass is 16.1. The Bertz CT molecular complexity index is 528. The van der Waals surface area contributed by atoms with Gasteiger partial charge in [0.05, 0.1) is 0 Å². The number of carbonyl (C=O) groups is 1. The Morgan fingerprint density at radius 3 is 2.65 bits per heavy atom. The smallest absolute Gasteiger partial charge is 0.217 e. The van der Waals surface area contributed by atoms with Crippen molar-refractivity contribution in [3.63, 3.8) is 0 Å². The summed E-state index contributed by atoms with van der Waals surface area (Å²) in [5.41, 5.74) is 1.28. The lowest BCUT2D eigenvalue weighted by atomic mass is 9.99. The van der Waals surface area contributed by atoms with Gasteiger partial charge < -0.3 is 5.32 Å². The highest BCUT2D eigenvalue weighted by Gasteiger charge is 2.07. The van der Waals surface area contributed by atoms with Gasteiger partial charge in [-0.15, -0.1) is 0 Å². The molecule has 0 unspecified atom stereocenters. The van der Waals surface area contributed by atoms with Crippen LogP contribution in [0.3, 0.4) is 0 Å². The van der Waals surface area contributed by atoms with E-state index in [1.807, 2.05) is 13.0 Å². The van der Waals surface area contributed by atoms with Crippen molar-refractivity contribution in [1.29, 1.82) is 0 Å². The number of nitrogens with one attached hydrogen (secondary N) is 1. The summed E-state index contributed by atoms with van der Waals surface area (Å²) in [4.78, 5) is 11.0. The van der Waals surface area contributed by atoms with Gasteiger partial charge in [0.25, 0.3) is 0 Å². The molecule has 0 aliphatic heterocycles. The molecule has 0 saturated heterocycles. The van der Waals surface area contributed by atoms with Crippen LogP contribution in [0, 0.1) is 0 Å². The summed E-state index contributed by atoms with van der Waals surface area (Å²) >= 11 is 0. The number of rotatable bonds is 3. The Kier molecular flexibility index (Phi) is 3.43. The number of hydrogen-bond donors (Lipinski definition) is 1. The Labute approximate surface area is 102 Å². The van der Waals surface area contributed by atoms with Gasteiger partial charge in [-0.05, 0) is 29.7 Å². The first-order valence-electron chi connectivity index (χ1n) is 5.90. The molecular formula is C15H17NO. The van der Waals surface area contributed by atoms with Crippen LogP contribution in [-0.2, 0) is 11.2 Å². The van der Waals surface area contributed by atoms with E-state index in [2.05, 4.69) is 41.7 Å². The Hall–Kier alpha value is -1.83. The first kappa shape index (κ1) is 11.6. The van der Waals surface area contributed by atoms with Crippen molar-refractivity contribution in [3.8, 4) is 0 Å². The highest BCUT2D eigenvalue weighted by Crippen LogP contribution is 2.19. The van der Waals surface area contributed by atoms with Crippen LogP contribution >= 0.6 is 0 Å². The molecule has 0 spiro atoms. The van der Waals surface area contributed by atoms with E-state index in [4.69, 9.17) is 0 Å². The van der Waals surface area contributed by atoms with Crippen LogP contribution < -0.4 is 5.32 Å². The summed E-state index contributed by atoms with van der Waals surface area (Å²) in [6.45, 7) is 3.59. The molecule has 1 amide bonds. The van der Waals surface area contributed by atoms with Gasteiger partial charge in [0.15, 0.2) is 0 Å². The van der Waals surface area contributed by atoms with Gasteiger partial charge in [0.1, 0.15) is 0 Å². The molecule has 17 heavy (non-hydrogen) atoms. The molecule has 2 rings (SSSR count). The van der Waals surface area contributed by atoms with Crippen molar-refractivity contribution in [1.82, 2.24) is 5.32 Å². The summed E-state index contributed by atoms with van der Waals surface area (Å²) in [6, 6.07) is 14.8. The van der Waals surface area contributed by atoms with Crippen molar-refractivity contribution < 1.29 is 4.79 Å². The van der Waals surface area contributed by atoms with Crippen LogP contribution in [-0.4, -0.2) is 11.9 Å². The molecule has 0 fully saturated rings. The van der Waals surface area contributed by atoms with E-state index in [-0.39, 0.29) is 11.9 Å². The number of hydrogen-bond acceptors (Lipinski definition) is 1. The van der Waals surface area contributed by atoms with Crippen LogP contribution in [0.4, 0.5) is 0 Å². The number of amides is 1. The molecular weight excluding hydrogens is 210 g/mol. The van der Waals surface area contributed by atoms with E-state index in [0.717, 1.165) is 6.42 Å². The average Bonchev–Trinajstić information content (AvgIpc) is 2.28. The van der Waals surface area contributed by atoms with Gasteiger partial charge in [-0.1, -0.05) is 42.5 Å². The molecule has 0 aromatic heterocycles. The molecule has 0 radical (unpaired) electrons. The van der Waals surface area contributed by atoms with Crippen molar-refractivity contribution in [3.05, 3.63) is 48.0 Å². The minimum atomic E-state index is 0.0257. The molecule has 0 aliphatic rings. The van der Waals surface area contributed by atoms with Crippen LogP contribution in [0.1, 0.15) is 19.4 Å². The molecule has 88 valence electrons. The third kappa shape index (κ3) is 2.84. The van der Waals surface area contributed by atoms with E-state index in [1.165, 1.54) is 16.3 Å². The Morgan fingerprint density at radius 2 is 1.88 bits per heavy atom. The topological polar surface area (TPSA) is 29.1 Å². The second-order valence-electron chi connectivity index (χ2n) is 4.44. The molecule has 0 saturated carbocycles. The maximum Gasteiger partial charge on any atom is 0.217 e. The number of fused-ring (bicyclic) bond motifs is 1. The Balaban J connectivity index is 2.26. The highest BCUT2D eigenvalue weighted by molar-refractivity contribution is 5.85. The molecule has 0 bridgehead atoms. The zero-order valence-corrected chi connectivity index (χ0v) is 10.2. The minimum absolute atomic E-state index is 0.0257. The molecule has 2 aromatic carbocycles. The second-order valence-corrected chi connectivity index (χ2v) is 4.44. The number of carbonyl (C=O) groups excluding carboxylic acids is 1. The predicted molar refractivity (Wildman–Crippen MR) is 70.9 cm³/mol. The van der Waals surface area contributed by atoms with E-state index in [9.17, 15) is 4.79 Å². The van der Waals surface area contributed by atoms with Gasteiger partial charge in [-0.2, -0.15) is 0 Å². The fraction of sp³-hybridized carbons (Fsp3) is 0.267. The van der Waals surface area contributed by atoms with Gasteiger partial charge in [-0.25, -0.2) is 0 Å². The molecule has 1 atom stereocenters. The van der Waals surface area contributed by atoms with E-state index < -0.39 is 0 Å². The zero-order valence-electron chi connectivity index (χ0n) is 10.2. The van der Waals surface area contributed by atoms with Gasteiger partial charge in [0, 0.05) is 13.0 Å². The maximum absolute atomic E-state index is 11.0. The molecule has 0 aliphatic carbocycles. The largest absolute Gasteiger partial charge is 0.354 e.